The van der Waals surface area contributed by atoms with Crippen LogP contribution in [0.15, 0.2) is 0 Å². The molecule has 2 aliphatic rings. The van der Waals surface area contributed by atoms with Gasteiger partial charge >= 0.3 is 0 Å². The Balaban J connectivity index is 1.67. The Kier molecular flexibility index (Phi) is 6.30. The number of carbonyl (C=O) groups is 1. The molecule has 2 atom stereocenters. The second kappa shape index (κ2) is 7.99. The number of amides is 1. The average molecular weight is 281 g/mol. The molecule has 1 aliphatic heterocycles. The van der Waals surface area contributed by atoms with Crippen LogP contribution in [0.4, 0.5) is 0 Å². The largest absolute Gasteiger partial charge is 0.352 e. The SMILES string of the molecule is CNCC1CCN(CC(=O)NC2CCCCC2C)CC1. The Morgan fingerprint density at radius 2 is 1.85 bits per heavy atom. The predicted octanol–water partition coefficient (Wildman–Crippen LogP) is 1.61. The summed E-state index contributed by atoms with van der Waals surface area (Å²) < 4.78 is 0. The van der Waals surface area contributed by atoms with E-state index >= 15 is 0 Å². The highest BCUT2D eigenvalue weighted by molar-refractivity contribution is 5.78. The van der Waals surface area contributed by atoms with Crippen LogP contribution in [0.5, 0.6) is 0 Å². The lowest BCUT2D eigenvalue weighted by molar-refractivity contribution is -0.123. The molecule has 0 aromatic rings. The van der Waals surface area contributed by atoms with E-state index in [4.69, 9.17) is 0 Å². The first-order chi connectivity index (χ1) is 9.69. The van der Waals surface area contributed by atoms with Gasteiger partial charge in [-0.2, -0.15) is 0 Å². The number of nitrogens with one attached hydrogen (secondary N) is 2. The second-order valence-electron chi connectivity index (χ2n) is 6.71. The van der Waals surface area contributed by atoms with Crippen LogP contribution in [-0.4, -0.2) is 50.1 Å². The lowest BCUT2D eigenvalue weighted by Crippen LogP contribution is -2.47. The third-order valence-corrected chi connectivity index (χ3v) is 5.03. The third kappa shape index (κ3) is 4.74. The van der Waals surface area contributed by atoms with Crippen molar-refractivity contribution < 1.29 is 4.79 Å². The lowest BCUT2D eigenvalue weighted by atomic mass is 9.86. The van der Waals surface area contributed by atoms with Crippen LogP contribution in [0, 0.1) is 11.8 Å². The van der Waals surface area contributed by atoms with E-state index < -0.39 is 0 Å². The Morgan fingerprint density at radius 3 is 2.50 bits per heavy atom. The van der Waals surface area contributed by atoms with Gasteiger partial charge < -0.3 is 10.6 Å². The maximum Gasteiger partial charge on any atom is 0.234 e. The average Bonchev–Trinajstić information content (AvgIpc) is 2.44. The number of rotatable bonds is 5. The van der Waals surface area contributed by atoms with Gasteiger partial charge in [0.25, 0.3) is 0 Å². The molecule has 2 rings (SSSR count). The van der Waals surface area contributed by atoms with Crippen LogP contribution in [0.1, 0.15) is 45.4 Å². The highest BCUT2D eigenvalue weighted by Crippen LogP contribution is 2.23. The van der Waals surface area contributed by atoms with Gasteiger partial charge in [0, 0.05) is 6.04 Å². The molecule has 0 spiro atoms. The molecule has 1 amide bonds. The summed E-state index contributed by atoms with van der Waals surface area (Å²) in [7, 11) is 2.02. The summed E-state index contributed by atoms with van der Waals surface area (Å²) in [5.41, 5.74) is 0. The molecule has 4 nitrogen and oxygen atoms in total. The first-order valence-electron chi connectivity index (χ1n) is 8.35. The molecule has 0 aromatic heterocycles. The zero-order valence-electron chi connectivity index (χ0n) is 13.2. The Labute approximate surface area is 123 Å². The fraction of sp³-hybridized carbons (Fsp3) is 0.938. The molecule has 1 aliphatic carbocycles. The summed E-state index contributed by atoms with van der Waals surface area (Å²) in [5.74, 6) is 1.67. The van der Waals surface area contributed by atoms with Crippen molar-refractivity contribution in [1.29, 1.82) is 0 Å². The van der Waals surface area contributed by atoms with Gasteiger partial charge in [0.1, 0.15) is 0 Å². The Hall–Kier alpha value is -0.610. The first kappa shape index (κ1) is 15.8. The number of hydrogen-bond acceptors (Lipinski definition) is 3. The summed E-state index contributed by atoms with van der Waals surface area (Å²) in [5, 5.41) is 6.51. The van der Waals surface area contributed by atoms with Crippen molar-refractivity contribution in [2.45, 2.75) is 51.5 Å². The second-order valence-corrected chi connectivity index (χ2v) is 6.71. The predicted molar refractivity (Wildman–Crippen MR) is 82.7 cm³/mol. The van der Waals surface area contributed by atoms with Crippen LogP contribution in [0.2, 0.25) is 0 Å². The highest BCUT2D eigenvalue weighted by Gasteiger charge is 2.25. The van der Waals surface area contributed by atoms with E-state index in [1.165, 1.54) is 32.1 Å². The summed E-state index contributed by atoms with van der Waals surface area (Å²) >= 11 is 0. The van der Waals surface area contributed by atoms with Crippen molar-refractivity contribution in [1.82, 2.24) is 15.5 Å². The minimum absolute atomic E-state index is 0.232. The molecule has 116 valence electrons. The molecule has 20 heavy (non-hydrogen) atoms. The Bertz CT molecular complexity index is 300. The first-order valence-corrected chi connectivity index (χ1v) is 8.35. The number of carbonyl (C=O) groups excluding carboxylic acids is 1. The van der Waals surface area contributed by atoms with E-state index in [2.05, 4.69) is 22.5 Å². The van der Waals surface area contributed by atoms with Gasteiger partial charge in [-0.25, -0.2) is 0 Å². The molecular weight excluding hydrogens is 250 g/mol. The fourth-order valence-corrected chi connectivity index (χ4v) is 3.62. The van der Waals surface area contributed by atoms with E-state index in [9.17, 15) is 4.79 Å². The van der Waals surface area contributed by atoms with Crippen molar-refractivity contribution in [2.75, 3.05) is 33.2 Å². The van der Waals surface area contributed by atoms with Crippen LogP contribution in [0.25, 0.3) is 0 Å². The van der Waals surface area contributed by atoms with Gasteiger partial charge in [0.05, 0.1) is 6.54 Å². The van der Waals surface area contributed by atoms with E-state index in [1.54, 1.807) is 0 Å². The molecule has 0 aromatic carbocycles. The van der Waals surface area contributed by atoms with Gasteiger partial charge in [-0.1, -0.05) is 19.8 Å². The molecule has 0 bridgehead atoms. The van der Waals surface area contributed by atoms with Crippen LogP contribution in [-0.2, 0) is 4.79 Å². The summed E-state index contributed by atoms with van der Waals surface area (Å²) in [6.45, 7) is 6.11. The molecule has 4 heteroatoms. The van der Waals surface area contributed by atoms with E-state index in [0.717, 1.165) is 32.0 Å². The van der Waals surface area contributed by atoms with Crippen LogP contribution in [0.3, 0.4) is 0 Å². The third-order valence-electron chi connectivity index (χ3n) is 5.03. The standard InChI is InChI=1S/C16H31N3O/c1-13-5-3-4-6-15(13)18-16(20)12-19-9-7-14(8-10-19)11-17-2/h13-15,17H,3-12H2,1-2H3,(H,18,20). The summed E-state index contributed by atoms with van der Waals surface area (Å²) in [6.07, 6.45) is 7.45. The minimum atomic E-state index is 0.232. The normalized spacial score (nSPS) is 29.3. The lowest BCUT2D eigenvalue weighted by Gasteiger charge is -2.33. The van der Waals surface area contributed by atoms with Crippen LogP contribution >= 0.6 is 0 Å². The van der Waals surface area contributed by atoms with E-state index in [-0.39, 0.29) is 5.91 Å². The van der Waals surface area contributed by atoms with E-state index in [0.29, 0.717) is 18.5 Å². The number of nitrogens with zero attached hydrogens (tertiary/aromatic N) is 1. The van der Waals surface area contributed by atoms with Gasteiger partial charge in [-0.05, 0) is 64.2 Å². The molecule has 2 unspecified atom stereocenters. The van der Waals surface area contributed by atoms with E-state index in [1.807, 2.05) is 7.05 Å². The van der Waals surface area contributed by atoms with Gasteiger partial charge in [-0.15, -0.1) is 0 Å². The van der Waals surface area contributed by atoms with Crippen molar-refractivity contribution in [3.63, 3.8) is 0 Å². The monoisotopic (exact) mass is 281 g/mol. The van der Waals surface area contributed by atoms with Crippen LogP contribution < -0.4 is 10.6 Å². The number of piperidine rings is 1. The smallest absolute Gasteiger partial charge is 0.234 e. The molecular formula is C16H31N3O. The van der Waals surface area contributed by atoms with Gasteiger partial charge in [0.2, 0.25) is 5.91 Å². The van der Waals surface area contributed by atoms with Crippen molar-refractivity contribution >= 4 is 5.91 Å². The quantitative estimate of drug-likeness (QED) is 0.805. The minimum Gasteiger partial charge on any atom is -0.352 e. The molecule has 1 heterocycles. The molecule has 2 N–H and O–H groups in total. The summed E-state index contributed by atoms with van der Waals surface area (Å²) in [4.78, 5) is 14.5. The van der Waals surface area contributed by atoms with Crippen molar-refractivity contribution in [3.8, 4) is 0 Å². The topological polar surface area (TPSA) is 44.4 Å². The number of hydrogen-bond donors (Lipinski definition) is 2. The molecule has 0 radical (unpaired) electrons. The zero-order chi connectivity index (χ0) is 14.4. The zero-order valence-corrected chi connectivity index (χ0v) is 13.2. The molecule has 1 saturated carbocycles. The van der Waals surface area contributed by atoms with Crippen molar-refractivity contribution in [2.24, 2.45) is 11.8 Å². The highest BCUT2D eigenvalue weighted by atomic mass is 16.2. The number of likely N-dealkylation sites (tertiary alicyclic amines) is 1. The Morgan fingerprint density at radius 1 is 1.15 bits per heavy atom. The van der Waals surface area contributed by atoms with Gasteiger partial charge in [-0.3, -0.25) is 9.69 Å². The maximum absolute atomic E-state index is 12.2. The van der Waals surface area contributed by atoms with Gasteiger partial charge in [0.15, 0.2) is 0 Å². The van der Waals surface area contributed by atoms with Crippen molar-refractivity contribution in [3.05, 3.63) is 0 Å². The summed E-state index contributed by atoms with van der Waals surface area (Å²) in [6, 6.07) is 0.415. The fourth-order valence-electron chi connectivity index (χ4n) is 3.62. The maximum atomic E-state index is 12.2. The molecule has 2 fully saturated rings. The molecule has 1 saturated heterocycles.